The molecule has 3 aromatic rings. The Hall–Kier alpha value is -3.52. The van der Waals surface area contributed by atoms with E-state index < -0.39 is 17.8 Å². The first-order chi connectivity index (χ1) is 17.3. The minimum Gasteiger partial charge on any atom is -0.490 e. The molecule has 4 rings (SSSR count). The molecule has 0 radical (unpaired) electrons. The molecule has 0 aliphatic carbocycles. The number of benzene rings is 3. The molecule has 3 aromatic carbocycles. The van der Waals surface area contributed by atoms with Crippen molar-refractivity contribution in [2.24, 2.45) is 0 Å². The van der Waals surface area contributed by atoms with Crippen LogP contribution in [0.1, 0.15) is 18.1 Å². The summed E-state index contributed by atoms with van der Waals surface area (Å²) in [4.78, 5) is 39.0. The number of urea groups is 1. The third-order valence-corrected chi connectivity index (χ3v) is 5.99. The lowest BCUT2D eigenvalue weighted by molar-refractivity contribution is -0.122. The molecular weight excluding hydrogens is 527 g/mol. The summed E-state index contributed by atoms with van der Waals surface area (Å²) in [7, 11) is 0. The number of halogens is 3. The van der Waals surface area contributed by atoms with Crippen LogP contribution in [0, 0.1) is 0 Å². The van der Waals surface area contributed by atoms with E-state index >= 15 is 0 Å². The van der Waals surface area contributed by atoms with Gasteiger partial charge in [0.15, 0.2) is 11.5 Å². The molecule has 1 N–H and O–H groups in total. The maximum absolute atomic E-state index is 13.2. The number of hydrogen-bond acceptors (Lipinski definition) is 5. The number of hydrogen-bond donors (Lipinski definition) is 1. The second-order valence-corrected chi connectivity index (χ2v) is 8.84. The summed E-state index contributed by atoms with van der Waals surface area (Å²) in [6.07, 6.45) is 1.32. The number of barbiturate groups is 1. The molecule has 1 heterocycles. The number of anilines is 1. The van der Waals surface area contributed by atoms with Gasteiger partial charge in [-0.05, 0) is 60.5 Å². The summed E-state index contributed by atoms with van der Waals surface area (Å²) in [6, 6.07) is 15.7. The molecule has 36 heavy (non-hydrogen) atoms. The molecular formula is C26H19Cl3N2O5. The van der Waals surface area contributed by atoms with Gasteiger partial charge in [-0.3, -0.25) is 14.9 Å². The highest BCUT2D eigenvalue weighted by Gasteiger charge is 2.37. The average Bonchev–Trinajstić information content (AvgIpc) is 2.83. The Morgan fingerprint density at radius 2 is 1.64 bits per heavy atom. The molecule has 1 aliphatic rings. The molecule has 0 atom stereocenters. The first-order valence-electron chi connectivity index (χ1n) is 10.8. The first-order valence-corrected chi connectivity index (χ1v) is 11.9. The van der Waals surface area contributed by atoms with E-state index in [9.17, 15) is 14.4 Å². The fourth-order valence-electron chi connectivity index (χ4n) is 3.49. The highest BCUT2D eigenvalue weighted by Crippen LogP contribution is 2.38. The molecule has 0 aromatic heterocycles. The number of para-hydroxylation sites is 1. The lowest BCUT2D eigenvalue weighted by Gasteiger charge is -2.27. The first kappa shape index (κ1) is 25.6. The van der Waals surface area contributed by atoms with Gasteiger partial charge in [0.05, 0.1) is 22.3 Å². The van der Waals surface area contributed by atoms with E-state index in [0.717, 1.165) is 10.5 Å². The zero-order valence-electron chi connectivity index (χ0n) is 18.9. The van der Waals surface area contributed by atoms with Crippen molar-refractivity contribution in [2.75, 3.05) is 11.5 Å². The summed E-state index contributed by atoms with van der Waals surface area (Å²) in [5, 5.41) is 3.17. The largest absolute Gasteiger partial charge is 0.490 e. The Morgan fingerprint density at radius 3 is 2.33 bits per heavy atom. The van der Waals surface area contributed by atoms with E-state index in [-0.39, 0.29) is 27.9 Å². The molecule has 0 bridgehead atoms. The molecule has 0 unspecified atom stereocenters. The van der Waals surface area contributed by atoms with Crippen LogP contribution >= 0.6 is 34.8 Å². The Labute approximate surface area is 222 Å². The second-order valence-electron chi connectivity index (χ2n) is 7.59. The fraction of sp³-hybridized carbons (Fsp3) is 0.115. The van der Waals surface area contributed by atoms with Crippen LogP contribution in [0.3, 0.4) is 0 Å². The molecule has 7 nitrogen and oxygen atoms in total. The van der Waals surface area contributed by atoms with Gasteiger partial charge in [-0.15, -0.1) is 0 Å². The lowest BCUT2D eigenvalue weighted by atomic mass is 10.1. The van der Waals surface area contributed by atoms with Crippen LogP contribution in [0.5, 0.6) is 11.5 Å². The van der Waals surface area contributed by atoms with E-state index in [1.54, 1.807) is 37.3 Å². The number of nitrogens with zero attached hydrogens (tertiary/aromatic N) is 1. The molecule has 1 aliphatic heterocycles. The minimum absolute atomic E-state index is 0.152. The van der Waals surface area contributed by atoms with Crippen molar-refractivity contribution in [1.29, 1.82) is 0 Å². The molecule has 4 amide bonds. The predicted octanol–water partition coefficient (Wildman–Crippen LogP) is 6.29. The lowest BCUT2D eigenvalue weighted by Crippen LogP contribution is -2.54. The molecule has 0 spiro atoms. The molecule has 0 saturated carbocycles. The van der Waals surface area contributed by atoms with Gasteiger partial charge in [0.2, 0.25) is 0 Å². The zero-order valence-corrected chi connectivity index (χ0v) is 21.2. The normalized spacial score (nSPS) is 14.7. The van der Waals surface area contributed by atoms with Crippen LogP contribution in [0.4, 0.5) is 10.5 Å². The summed E-state index contributed by atoms with van der Waals surface area (Å²) in [5.74, 6) is -1.03. The quantitative estimate of drug-likeness (QED) is 0.279. The van der Waals surface area contributed by atoms with E-state index in [1.165, 1.54) is 24.3 Å². The van der Waals surface area contributed by atoms with Crippen molar-refractivity contribution in [2.45, 2.75) is 13.5 Å². The Bertz CT molecular complexity index is 1370. The van der Waals surface area contributed by atoms with Gasteiger partial charge >= 0.3 is 6.03 Å². The molecule has 1 fully saturated rings. The van der Waals surface area contributed by atoms with E-state index in [2.05, 4.69) is 5.32 Å². The van der Waals surface area contributed by atoms with Gasteiger partial charge in [-0.2, -0.15) is 0 Å². The van der Waals surface area contributed by atoms with Crippen LogP contribution in [0.2, 0.25) is 15.1 Å². The van der Waals surface area contributed by atoms with Crippen molar-refractivity contribution >= 4 is 64.4 Å². The van der Waals surface area contributed by atoms with Gasteiger partial charge in [0, 0.05) is 5.02 Å². The van der Waals surface area contributed by atoms with Crippen molar-refractivity contribution < 1.29 is 23.9 Å². The molecule has 1 saturated heterocycles. The maximum atomic E-state index is 13.2. The van der Waals surface area contributed by atoms with E-state index in [0.29, 0.717) is 28.7 Å². The standard InChI is InChI=1S/C26H19Cl3N2O5/c1-2-35-22-13-16(12-20(29)23(22)36-14-15-7-9-17(27)10-8-15)11-18-24(32)30-26(34)31(25(18)33)21-6-4-3-5-19(21)28/h3-13H,2,14H2,1H3,(H,30,32,34)/b18-11+. The number of nitrogens with one attached hydrogen (secondary N) is 1. The third kappa shape index (κ3) is 5.49. The van der Waals surface area contributed by atoms with Crippen LogP contribution in [0.15, 0.2) is 66.2 Å². The van der Waals surface area contributed by atoms with Crippen LogP contribution < -0.4 is 19.7 Å². The monoisotopic (exact) mass is 544 g/mol. The molecule has 10 heteroatoms. The smallest absolute Gasteiger partial charge is 0.335 e. The van der Waals surface area contributed by atoms with E-state index in [1.807, 2.05) is 12.1 Å². The van der Waals surface area contributed by atoms with Crippen molar-refractivity contribution in [1.82, 2.24) is 5.32 Å². The van der Waals surface area contributed by atoms with Crippen molar-refractivity contribution in [3.8, 4) is 11.5 Å². The van der Waals surface area contributed by atoms with Crippen molar-refractivity contribution in [3.05, 3.63) is 92.4 Å². The van der Waals surface area contributed by atoms with Gasteiger partial charge in [-0.1, -0.05) is 59.1 Å². The summed E-state index contributed by atoms with van der Waals surface area (Å²) < 4.78 is 11.6. The molecule has 184 valence electrons. The maximum Gasteiger partial charge on any atom is 0.335 e. The second kappa shape index (κ2) is 11.0. The third-order valence-electron chi connectivity index (χ3n) is 5.13. The number of rotatable bonds is 7. The Balaban J connectivity index is 1.66. The predicted molar refractivity (Wildman–Crippen MR) is 139 cm³/mol. The SMILES string of the molecule is CCOc1cc(/C=C2\C(=O)NC(=O)N(c3ccccc3Cl)C2=O)cc(Cl)c1OCc1ccc(Cl)cc1. The summed E-state index contributed by atoms with van der Waals surface area (Å²) in [6.45, 7) is 2.34. The zero-order chi connectivity index (χ0) is 25.8. The van der Waals surface area contributed by atoms with Gasteiger partial charge < -0.3 is 9.47 Å². The number of imide groups is 2. The van der Waals surface area contributed by atoms with Gasteiger partial charge in [0.1, 0.15) is 12.2 Å². The highest BCUT2D eigenvalue weighted by molar-refractivity contribution is 6.42. The summed E-state index contributed by atoms with van der Waals surface area (Å²) >= 11 is 18.6. The Morgan fingerprint density at radius 1 is 0.917 bits per heavy atom. The topological polar surface area (TPSA) is 84.9 Å². The minimum atomic E-state index is -0.894. The van der Waals surface area contributed by atoms with Crippen LogP contribution in [0.25, 0.3) is 6.08 Å². The van der Waals surface area contributed by atoms with Gasteiger partial charge in [0.25, 0.3) is 11.8 Å². The number of ether oxygens (including phenoxy) is 2. The number of carbonyl (C=O) groups excluding carboxylic acids is 3. The fourth-order valence-corrected chi connectivity index (χ4v) is 4.11. The average molecular weight is 546 g/mol. The summed E-state index contributed by atoms with van der Waals surface area (Å²) in [5.41, 5.74) is 1.15. The van der Waals surface area contributed by atoms with Crippen LogP contribution in [-0.4, -0.2) is 24.5 Å². The highest BCUT2D eigenvalue weighted by atomic mass is 35.5. The van der Waals surface area contributed by atoms with Crippen molar-refractivity contribution in [3.63, 3.8) is 0 Å². The number of carbonyl (C=O) groups is 3. The van der Waals surface area contributed by atoms with Gasteiger partial charge in [-0.25, -0.2) is 9.69 Å². The van der Waals surface area contributed by atoms with Crippen LogP contribution in [-0.2, 0) is 16.2 Å². The number of amides is 4. The van der Waals surface area contributed by atoms with E-state index in [4.69, 9.17) is 44.3 Å². The Kier molecular flexibility index (Phi) is 7.84.